The van der Waals surface area contributed by atoms with E-state index in [2.05, 4.69) is 47.6 Å². The third-order valence-corrected chi connectivity index (χ3v) is 4.42. The van der Waals surface area contributed by atoms with Crippen LogP contribution >= 0.6 is 15.9 Å². The second-order valence-corrected chi connectivity index (χ2v) is 6.93. The van der Waals surface area contributed by atoms with Crippen molar-refractivity contribution >= 4 is 45.1 Å². The van der Waals surface area contributed by atoms with Gasteiger partial charge < -0.3 is 5.73 Å². The molecule has 0 bridgehead atoms. The van der Waals surface area contributed by atoms with Crippen molar-refractivity contribution in [1.29, 1.82) is 0 Å². The minimum Gasteiger partial charge on any atom is -0.393 e. The molecule has 9 nitrogen and oxygen atoms in total. The maximum absolute atomic E-state index is 12.2. The molecule has 0 spiro atoms. The summed E-state index contributed by atoms with van der Waals surface area (Å²) in [4.78, 5) is 32.3. The molecule has 1 aromatic heterocycles. The number of hydrazine groups is 2. The topological polar surface area (TPSA) is 134 Å². The quantitative estimate of drug-likeness (QED) is 0.360. The number of anilines is 3. The fourth-order valence-corrected chi connectivity index (χ4v) is 2.54. The van der Waals surface area contributed by atoms with Gasteiger partial charge in [-0.15, -0.1) is 0 Å². The lowest BCUT2D eigenvalue weighted by Crippen LogP contribution is -2.32. The lowest BCUT2D eigenvalue weighted by Gasteiger charge is -2.13. The Morgan fingerprint density at radius 2 is 1.28 bits per heavy atom. The monoisotopic (exact) mass is 455 g/mol. The molecule has 0 aliphatic heterocycles. The summed E-state index contributed by atoms with van der Waals surface area (Å²) in [6.07, 6.45) is 1.24. The van der Waals surface area contributed by atoms with Gasteiger partial charge in [-0.1, -0.05) is 33.6 Å². The zero-order chi connectivity index (χ0) is 20.8. The number of hydrogen-bond acceptors (Lipinski definition) is 7. The van der Waals surface area contributed by atoms with E-state index in [4.69, 9.17) is 5.73 Å². The van der Waals surface area contributed by atoms with Crippen LogP contribution in [0.4, 0.5) is 17.3 Å². The molecule has 0 aliphatic carbocycles. The molecular formula is C19H18BrN7O2. The molecule has 0 saturated carbocycles. The van der Waals surface area contributed by atoms with Gasteiger partial charge in [-0.3, -0.25) is 31.3 Å². The van der Waals surface area contributed by atoms with Crippen LogP contribution in [0, 0.1) is 6.92 Å². The Hall–Kier alpha value is -3.66. The van der Waals surface area contributed by atoms with Crippen molar-refractivity contribution in [2.24, 2.45) is 0 Å². The van der Waals surface area contributed by atoms with Gasteiger partial charge in [0.1, 0.15) is 12.0 Å². The normalized spacial score (nSPS) is 10.1. The molecule has 3 aromatic rings. The molecule has 0 fully saturated rings. The molecule has 0 saturated heterocycles. The van der Waals surface area contributed by atoms with Crippen LogP contribution in [-0.4, -0.2) is 21.8 Å². The number of nitrogens with one attached hydrogen (secondary N) is 4. The Morgan fingerprint density at radius 1 is 0.828 bits per heavy atom. The van der Waals surface area contributed by atoms with Crippen molar-refractivity contribution in [3.63, 3.8) is 0 Å². The zero-order valence-electron chi connectivity index (χ0n) is 15.4. The minimum atomic E-state index is -0.363. The summed E-state index contributed by atoms with van der Waals surface area (Å²) in [6.45, 7) is 1.94. The fraction of sp³-hybridized carbons (Fsp3) is 0.0526. The summed E-state index contributed by atoms with van der Waals surface area (Å²) in [5.74, 6) is -0.350. The molecular weight excluding hydrogens is 438 g/mol. The van der Waals surface area contributed by atoms with Crippen molar-refractivity contribution in [2.45, 2.75) is 6.92 Å². The number of carbonyl (C=O) groups is 2. The predicted molar refractivity (Wildman–Crippen MR) is 114 cm³/mol. The molecule has 148 valence electrons. The molecule has 0 radical (unpaired) electrons. The number of amides is 2. The molecule has 29 heavy (non-hydrogen) atoms. The second-order valence-electron chi connectivity index (χ2n) is 6.02. The van der Waals surface area contributed by atoms with Gasteiger partial charge in [0.15, 0.2) is 11.6 Å². The van der Waals surface area contributed by atoms with Gasteiger partial charge in [-0.05, 0) is 43.3 Å². The lowest BCUT2D eigenvalue weighted by molar-refractivity contribution is 0.0954. The van der Waals surface area contributed by atoms with Crippen LogP contribution in [0.5, 0.6) is 0 Å². The molecule has 2 aromatic carbocycles. The van der Waals surface area contributed by atoms with Gasteiger partial charge in [0.25, 0.3) is 11.8 Å². The van der Waals surface area contributed by atoms with E-state index in [1.165, 1.54) is 6.33 Å². The molecule has 10 heteroatoms. The van der Waals surface area contributed by atoms with Crippen LogP contribution in [0.3, 0.4) is 0 Å². The highest BCUT2D eigenvalue weighted by atomic mass is 79.9. The molecule has 0 unspecified atom stereocenters. The van der Waals surface area contributed by atoms with E-state index >= 15 is 0 Å². The molecule has 2 amide bonds. The number of carbonyl (C=O) groups excluding carboxylic acids is 2. The summed E-state index contributed by atoms with van der Waals surface area (Å²) >= 11 is 3.31. The van der Waals surface area contributed by atoms with E-state index < -0.39 is 0 Å². The van der Waals surface area contributed by atoms with Crippen LogP contribution < -0.4 is 27.4 Å². The highest BCUT2D eigenvalue weighted by Gasteiger charge is 2.11. The molecule has 0 aliphatic rings. The van der Waals surface area contributed by atoms with Crippen LogP contribution in [0.2, 0.25) is 0 Å². The number of nitrogen functional groups attached to an aromatic ring is 1. The summed E-state index contributed by atoms with van der Waals surface area (Å²) < 4.78 is 0.866. The van der Waals surface area contributed by atoms with Crippen molar-refractivity contribution in [2.75, 3.05) is 16.6 Å². The first kappa shape index (κ1) is 20.1. The first-order chi connectivity index (χ1) is 13.9. The van der Waals surface area contributed by atoms with E-state index in [1.807, 2.05) is 19.1 Å². The summed E-state index contributed by atoms with van der Waals surface area (Å²) in [7, 11) is 0. The Morgan fingerprint density at radius 3 is 1.76 bits per heavy atom. The smallest absolute Gasteiger partial charge is 0.269 e. The first-order valence-electron chi connectivity index (χ1n) is 8.49. The van der Waals surface area contributed by atoms with E-state index in [-0.39, 0.29) is 29.1 Å². The maximum atomic E-state index is 12.2. The average Bonchev–Trinajstić information content (AvgIpc) is 2.72. The first-order valence-corrected chi connectivity index (χ1v) is 9.29. The van der Waals surface area contributed by atoms with Gasteiger partial charge in [0, 0.05) is 15.6 Å². The van der Waals surface area contributed by atoms with E-state index in [1.54, 1.807) is 36.4 Å². The van der Waals surface area contributed by atoms with Crippen molar-refractivity contribution in [1.82, 2.24) is 20.8 Å². The fourth-order valence-electron chi connectivity index (χ4n) is 2.28. The summed E-state index contributed by atoms with van der Waals surface area (Å²) in [5, 5.41) is 0. The van der Waals surface area contributed by atoms with Crippen LogP contribution in [0.25, 0.3) is 0 Å². The number of aromatic nitrogens is 2. The molecule has 6 N–H and O–H groups in total. The van der Waals surface area contributed by atoms with Crippen molar-refractivity contribution in [3.05, 3.63) is 76.0 Å². The van der Waals surface area contributed by atoms with Crippen molar-refractivity contribution in [3.8, 4) is 0 Å². The summed E-state index contributed by atoms with van der Waals surface area (Å²) in [6, 6.07) is 13.9. The lowest BCUT2D eigenvalue weighted by atomic mass is 10.1. The van der Waals surface area contributed by atoms with E-state index in [0.717, 1.165) is 10.0 Å². The zero-order valence-corrected chi connectivity index (χ0v) is 16.9. The second kappa shape index (κ2) is 9.02. The molecule has 3 rings (SSSR count). The van der Waals surface area contributed by atoms with Crippen LogP contribution in [0.1, 0.15) is 26.3 Å². The predicted octanol–water partition coefficient (Wildman–Crippen LogP) is 2.64. The average molecular weight is 456 g/mol. The maximum Gasteiger partial charge on any atom is 0.269 e. The van der Waals surface area contributed by atoms with Gasteiger partial charge in [0.2, 0.25) is 0 Å². The van der Waals surface area contributed by atoms with Crippen LogP contribution in [0.15, 0.2) is 59.3 Å². The van der Waals surface area contributed by atoms with E-state index in [0.29, 0.717) is 11.1 Å². The Bertz CT molecular complexity index is 944. The number of hydrogen-bond donors (Lipinski definition) is 5. The Labute approximate surface area is 175 Å². The minimum absolute atomic E-state index is 0.118. The molecule has 1 heterocycles. The van der Waals surface area contributed by atoms with Gasteiger partial charge >= 0.3 is 0 Å². The summed E-state index contributed by atoms with van der Waals surface area (Å²) in [5.41, 5.74) is 18.5. The van der Waals surface area contributed by atoms with E-state index in [9.17, 15) is 9.59 Å². The SMILES string of the molecule is Cc1ccc(C(=O)NNc2ncnc(NNC(=O)c3ccc(Br)cc3)c2N)cc1. The number of halogens is 1. The number of nitrogens with zero attached hydrogens (tertiary/aromatic N) is 2. The number of nitrogens with two attached hydrogens (primary N) is 1. The number of aryl methyl sites for hydroxylation is 1. The van der Waals surface area contributed by atoms with Crippen LogP contribution in [-0.2, 0) is 0 Å². The number of benzene rings is 2. The third-order valence-electron chi connectivity index (χ3n) is 3.89. The Balaban J connectivity index is 1.61. The Kier molecular flexibility index (Phi) is 6.25. The highest BCUT2D eigenvalue weighted by molar-refractivity contribution is 9.10. The molecule has 0 atom stereocenters. The van der Waals surface area contributed by atoms with Gasteiger partial charge in [-0.25, -0.2) is 9.97 Å². The largest absolute Gasteiger partial charge is 0.393 e. The number of rotatable bonds is 6. The highest BCUT2D eigenvalue weighted by Crippen LogP contribution is 2.21. The standard InChI is InChI=1S/C19H18BrN7O2/c1-11-2-4-12(5-3-11)18(28)26-24-16-15(21)17(23-10-22-16)25-27-19(29)13-6-8-14(20)9-7-13/h2-10H,21H2,1H3,(H,26,28)(H,27,29)(H2,22,23,24,25). The van der Waals surface area contributed by atoms with Gasteiger partial charge in [0.05, 0.1) is 0 Å². The van der Waals surface area contributed by atoms with Gasteiger partial charge in [-0.2, -0.15) is 0 Å². The van der Waals surface area contributed by atoms with Crippen molar-refractivity contribution < 1.29 is 9.59 Å². The third kappa shape index (κ3) is 5.20.